The van der Waals surface area contributed by atoms with Gasteiger partial charge in [0.15, 0.2) is 5.82 Å². The summed E-state index contributed by atoms with van der Waals surface area (Å²) in [5.74, 6) is 0.392. The molecule has 0 bridgehead atoms. The quantitative estimate of drug-likeness (QED) is 0.911. The highest BCUT2D eigenvalue weighted by Crippen LogP contribution is 2.30. The number of carbonyl (C=O) groups is 1. The number of rotatable bonds is 5. The number of aryl methyl sites for hydroxylation is 1. The number of aromatic nitrogens is 2. The second-order valence-corrected chi connectivity index (χ2v) is 6.53. The van der Waals surface area contributed by atoms with E-state index in [-0.39, 0.29) is 11.8 Å². The van der Waals surface area contributed by atoms with Crippen molar-refractivity contribution in [2.45, 2.75) is 38.6 Å². The zero-order valence-corrected chi connectivity index (χ0v) is 14.1. The number of nitrogens with zero attached hydrogens (tertiary/aromatic N) is 2. The Bertz CT molecular complexity index is 661. The molecule has 6 heteroatoms. The third-order valence-electron chi connectivity index (χ3n) is 4.61. The lowest BCUT2D eigenvalue weighted by Gasteiger charge is -2.36. The number of benzene rings is 1. The van der Waals surface area contributed by atoms with E-state index in [9.17, 15) is 4.79 Å². The van der Waals surface area contributed by atoms with Crippen molar-refractivity contribution in [3.05, 3.63) is 47.6 Å². The first-order valence-electron chi connectivity index (χ1n) is 8.31. The molecule has 1 amide bonds. The lowest BCUT2D eigenvalue weighted by Crippen LogP contribution is -2.51. The van der Waals surface area contributed by atoms with E-state index < -0.39 is 5.54 Å². The summed E-state index contributed by atoms with van der Waals surface area (Å²) < 4.78 is 10.3. The Morgan fingerprint density at radius 2 is 2.00 bits per heavy atom. The van der Waals surface area contributed by atoms with Gasteiger partial charge in [0.25, 0.3) is 0 Å². The van der Waals surface area contributed by atoms with Crippen molar-refractivity contribution in [1.82, 2.24) is 15.5 Å². The molecule has 0 saturated carbocycles. The van der Waals surface area contributed by atoms with Crippen molar-refractivity contribution in [2.75, 3.05) is 13.2 Å². The fourth-order valence-electron chi connectivity index (χ4n) is 3.04. The van der Waals surface area contributed by atoms with Crippen LogP contribution in [-0.2, 0) is 21.5 Å². The lowest BCUT2D eigenvalue weighted by atomic mass is 9.88. The van der Waals surface area contributed by atoms with E-state index in [1.165, 1.54) is 12.0 Å². The molecule has 2 aromatic rings. The summed E-state index contributed by atoms with van der Waals surface area (Å²) in [6.07, 6.45) is 3.30. The molecule has 24 heavy (non-hydrogen) atoms. The van der Waals surface area contributed by atoms with E-state index in [2.05, 4.69) is 46.6 Å². The maximum absolute atomic E-state index is 12.7. The summed E-state index contributed by atoms with van der Waals surface area (Å²) in [4.78, 5) is 16.9. The lowest BCUT2D eigenvalue weighted by molar-refractivity contribution is -0.128. The van der Waals surface area contributed by atoms with Gasteiger partial charge in [0.05, 0.1) is 0 Å². The van der Waals surface area contributed by atoms with Crippen molar-refractivity contribution in [2.24, 2.45) is 5.92 Å². The van der Waals surface area contributed by atoms with Gasteiger partial charge in [0.1, 0.15) is 5.54 Å². The van der Waals surface area contributed by atoms with Gasteiger partial charge in [-0.25, -0.2) is 0 Å². The van der Waals surface area contributed by atoms with Crippen LogP contribution in [0.25, 0.3) is 0 Å². The third-order valence-corrected chi connectivity index (χ3v) is 4.61. The van der Waals surface area contributed by atoms with Crippen LogP contribution in [0.2, 0.25) is 0 Å². The number of hydrogen-bond acceptors (Lipinski definition) is 5. The van der Waals surface area contributed by atoms with Gasteiger partial charge in [0, 0.05) is 32.0 Å². The van der Waals surface area contributed by atoms with Crippen molar-refractivity contribution in [1.29, 1.82) is 0 Å². The minimum atomic E-state index is -0.593. The average molecular weight is 329 g/mol. The topological polar surface area (TPSA) is 77.3 Å². The highest BCUT2D eigenvalue weighted by molar-refractivity contribution is 5.79. The molecule has 0 aliphatic carbocycles. The molecule has 6 nitrogen and oxygen atoms in total. The van der Waals surface area contributed by atoms with Crippen LogP contribution in [0.3, 0.4) is 0 Å². The van der Waals surface area contributed by atoms with E-state index in [1.54, 1.807) is 0 Å². The molecule has 128 valence electrons. The first-order chi connectivity index (χ1) is 11.6. The van der Waals surface area contributed by atoms with Crippen molar-refractivity contribution in [3.63, 3.8) is 0 Å². The van der Waals surface area contributed by atoms with Gasteiger partial charge < -0.3 is 14.6 Å². The molecule has 1 saturated heterocycles. The number of ether oxygens (including phenoxy) is 1. The van der Waals surface area contributed by atoms with Crippen LogP contribution in [-0.4, -0.2) is 29.3 Å². The van der Waals surface area contributed by atoms with Crippen LogP contribution in [0.5, 0.6) is 0 Å². The number of amides is 1. The van der Waals surface area contributed by atoms with Gasteiger partial charge in [-0.2, -0.15) is 4.98 Å². The zero-order valence-electron chi connectivity index (χ0n) is 14.1. The van der Waals surface area contributed by atoms with Gasteiger partial charge in [-0.3, -0.25) is 4.79 Å². The Balaban J connectivity index is 1.70. The molecule has 1 atom stereocenters. The summed E-state index contributed by atoms with van der Waals surface area (Å²) >= 11 is 0. The summed E-state index contributed by atoms with van der Waals surface area (Å²) in [6.45, 7) is 5.14. The maximum atomic E-state index is 12.7. The zero-order chi connectivity index (χ0) is 17.0. The van der Waals surface area contributed by atoms with E-state index in [0.717, 1.165) is 5.56 Å². The summed E-state index contributed by atoms with van der Waals surface area (Å²) in [5, 5.41) is 7.12. The fraction of sp³-hybridized carbons (Fsp3) is 0.500. The molecule has 1 aliphatic rings. The molecular formula is C18H23N3O3. The Labute approximate surface area is 141 Å². The van der Waals surface area contributed by atoms with E-state index in [1.807, 2.05) is 6.92 Å². The Morgan fingerprint density at radius 3 is 2.62 bits per heavy atom. The van der Waals surface area contributed by atoms with Crippen LogP contribution in [0, 0.1) is 12.8 Å². The summed E-state index contributed by atoms with van der Waals surface area (Å²) in [7, 11) is 0. The Hall–Kier alpha value is -2.21. The smallest absolute Gasteiger partial charge is 0.223 e. The van der Waals surface area contributed by atoms with E-state index in [4.69, 9.17) is 9.26 Å². The molecule has 1 aliphatic heterocycles. The van der Waals surface area contributed by atoms with Gasteiger partial charge in [-0.15, -0.1) is 0 Å². The van der Waals surface area contributed by atoms with Crippen molar-refractivity contribution >= 4 is 5.91 Å². The monoisotopic (exact) mass is 329 g/mol. The Kier molecular flexibility index (Phi) is 4.94. The fourth-order valence-corrected chi connectivity index (χ4v) is 3.04. The van der Waals surface area contributed by atoms with Crippen LogP contribution >= 0.6 is 0 Å². The second kappa shape index (κ2) is 7.13. The highest BCUT2D eigenvalue weighted by atomic mass is 16.5. The van der Waals surface area contributed by atoms with Crippen LogP contribution in [0.4, 0.5) is 0 Å². The summed E-state index contributed by atoms with van der Waals surface area (Å²) in [6, 6.07) is 8.28. The number of hydrogen-bond donors (Lipinski definition) is 1. The highest BCUT2D eigenvalue weighted by Gasteiger charge is 2.40. The predicted molar refractivity (Wildman–Crippen MR) is 88.2 cm³/mol. The molecule has 1 unspecified atom stereocenters. The summed E-state index contributed by atoms with van der Waals surface area (Å²) in [5.41, 5.74) is 1.78. The molecule has 1 aromatic carbocycles. The molecule has 0 spiro atoms. The minimum absolute atomic E-state index is 0.00211. The SMILES string of the molecule is Cc1ccc(CC(C)C(=O)NC2(c3ncon3)CCOCC2)cc1. The van der Waals surface area contributed by atoms with Crippen LogP contribution < -0.4 is 5.32 Å². The molecular weight excluding hydrogens is 306 g/mol. The number of nitrogens with one attached hydrogen (secondary N) is 1. The minimum Gasteiger partial charge on any atom is -0.381 e. The van der Waals surface area contributed by atoms with E-state index >= 15 is 0 Å². The molecule has 1 aromatic heterocycles. The average Bonchev–Trinajstić information content (AvgIpc) is 3.13. The molecule has 1 N–H and O–H groups in total. The first kappa shape index (κ1) is 16.6. The molecule has 1 fully saturated rings. The maximum Gasteiger partial charge on any atom is 0.223 e. The largest absolute Gasteiger partial charge is 0.381 e. The molecule has 0 radical (unpaired) electrons. The van der Waals surface area contributed by atoms with Crippen LogP contribution in [0.1, 0.15) is 36.7 Å². The molecule has 2 heterocycles. The van der Waals surface area contributed by atoms with Crippen molar-refractivity contribution in [3.8, 4) is 0 Å². The molecule has 3 rings (SSSR count). The van der Waals surface area contributed by atoms with Crippen molar-refractivity contribution < 1.29 is 14.1 Å². The van der Waals surface area contributed by atoms with E-state index in [0.29, 0.717) is 38.3 Å². The second-order valence-electron chi connectivity index (χ2n) is 6.53. The standard InChI is InChI=1S/C18H23N3O3/c1-13-3-5-15(6-4-13)11-14(2)16(22)20-18(7-9-23-10-8-18)17-19-12-24-21-17/h3-6,12,14H,7-11H2,1-2H3,(H,20,22). The third kappa shape index (κ3) is 3.64. The van der Waals surface area contributed by atoms with Gasteiger partial charge in [0.2, 0.25) is 12.3 Å². The Morgan fingerprint density at radius 1 is 1.29 bits per heavy atom. The van der Waals surface area contributed by atoms with Crippen LogP contribution in [0.15, 0.2) is 35.2 Å². The van der Waals surface area contributed by atoms with Gasteiger partial charge >= 0.3 is 0 Å². The van der Waals surface area contributed by atoms with Gasteiger partial charge in [-0.05, 0) is 18.9 Å². The normalized spacial score (nSPS) is 18.1. The number of carbonyl (C=O) groups excluding carboxylic acids is 1. The van der Waals surface area contributed by atoms with Gasteiger partial charge in [-0.1, -0.05) is 41.9 Å². The predicted octanol–water partition coefficient (Wildman–Crippen LogP) is 2.38. The first-order valence-corrected chi connectivity index (χ1v) is 8.31.